The minimum Gasteiger partial charge on any atom is -0.454 e. The van der Waals surface area contributed by atoms with Crippen LogP contribution in [-0.4, -0.2) is 4.98 Å². The molecule has 0 saturated heterocycles. The molecule has 0 atom stereocenters. The Balaban J connectivity index is 1.98. The first-order valence-electron chi connectivity index (χ1n) is 6.55. The summed E-state index contributed by atoms with van der Waals surface area (Å²) >= 11 is 0. The van der Waals surface area contributed by atoms with Crippen LogP contribution in [0.4, 0.5) is 5.69 Å². The molecule has 0 aliphatic rings. The quantitative estimate of drug-likeness (QED) is 0.791. The molecule has 4 heteroatoms. The SMILES string of the molecule is N#CCc1ccc(Oc2c(N)cnc3ccccc23)cc1. The Kier molecular flexibility index (Phi) is 3.40. The third-order valence-electron chi connectivity index (χ3n) is 3.18. The van der Waals surface area contributed by atoms with Gasteiger partial charge in [-0.2, -0.15) is 5.26 Å². The number of para-hydroxylation sites is 1. The molecule has 0 saturated carbocycles. The fourth-order valence-corrected chi connectivity index (χ4v) is 2.13. The molecule has 2 aromatic carbocycles. The van der Waals surface area contributed by atoms with Crippen LogP contribution >= 0.6 is 0 Å². The lowest BCUT2D eigenvalue weighted by Crippen LogP contribution is -1.95. The second kappa shape index (κ2) is 5.51. The van der Waals surface area contributed by atoms with Gasteiger partial charge in [-0.15, -0.1) is 0 Å². The van der Waals surface area contributed by atoms with E-state index in [0.29, 0.717) is 23.6 Å². The zero-order valence-electron chi connectivity index (χ0n) is 11.3. The summed E-state index contributed by atoms with van der Waals surface area (Å²) in [4.78, 5) is 4.28. The zero-order valence-corrected chi connectivity index (χ0v) is 11.3. The number of nitrogens with two attached hydrogens (primary N) is 1. The lowest BCUT2D eigenvalue weighted by Gasteiger charge is -2.11. The van der Waals surface area contributed by atoms with Crippen LogP contribution in [0.15, 0.2) is 54.7 Å². The van der Waals surface area contributed by atoms with Gasteiger partial charge in [0.1, 0.15) is 5.75 Å². The minimum atomic E-state index is 0.389. The fourth-order valence-electron chi connectivity index (χ4n) is 2.13. The molecule has 21 heavy (non-hydrogen) atoms. The molecule has 102 valence electrons. The highest BCUT2D eigenvalue weighted by Gasteiger charge is 2.08. The molecule has 3 rings (SSSR count). The molecule has 1 aromatic heterocycles. The summed E-state index contributed by atoms with van der Waals surface area (Å²) in [5, 5.41) is 9.55. The van der Waals surface area contributed by atoms with Gasteiger partial charge >= 0.3 is 0 Å². The molecule has 0 unspecified atom stereocenters. The van der Waals surface area contributed by atoms with Gasteiger partial charge in [-0.1, -0.05) is 24.3 Å². The molecule has 0 spiro atoms. The van der Waals surface area contributed by atoms with E-state index in [0.717, 1.165) is 16.5 Å². The maximum absolute atomic E-state index is 8.67. The normalized spacial score (nSPS) is 10.2. The van der Waals surface area contributed by atoms with E-state index >= 15 is 0 Å². The van der Waals surface area contributed by atoms with Gasteiger partial charge in [0.25, 0.3) is 0 Å². The van der Waals surface area contributed by atoms with Crippen molar-refractivity contribution in [1.29, 1.82) is 5.26 Å². The van der Waals surface area contributed by atoms with Gasteiger partial charge in [-0.3, -0.25) is 4.98 Å². The van der Waals surface area contributed by atoms with Crippen molar-refractivity contribution in [2.24, 2.45) is 0 Å². The Morgan fingerprint density at radius 1 is 1.10 bits per heavy atom. The summed E-state index contributed by atoms with van der Waals surface area (Å²) in [6.45, 7) is 0. The Morgan fingerprint density at radius 2 is 1.86 bits per heavy atom. The molecule has 0 bridgehead atoms. The first-order chi connectivity index (χ1) is 10.3. The second-order valence-corrected chi connectivity index (χ2v) is 4.64. The number of ether oxygens (including phenoxy) is 1. The van der Waals surface area contributed by atoms with Crippen LogP contribution in [0.5, 0.6) is 11.5 Å². The molecule has 4 nitrogen and oxygen atoms in total. The lowest BCUT2D eigenvalue weighted by molar-refractivity contribution is 0.490. The number of nitrogen functional groups attached to an aromatic ring is 1. The molecular weight excluding hydrogens is 262 g/mol. The number of rotatable bonds is 3. The maximum atomic E-state index is 8.67. The van der Waals surface area contributed by atoms with Gasteiger partial charge in [-0.05, 0) is 29.8 Å². The van der Waals surface area contributed by atoms with Crippen LogP contribution in [0.25, 0.3) is 10.9 Å². The Labute approximate surface area is 122 Å². The summed E-state index contributed by atoms with van der Waals surface area (Å²) in [5.74, 6) is 1.29. The van der Waals surface area contributed by atoms with E-state index in [4.69, 9.17) is 15.7 Å². The molecule has 0 amide bonds. The van der Waals surface area contributed by atoms with Gasteiger partial charge in [0.05, 0.1) is 29.9 Å². The van der Waals surface area contributed by atoms with Crippen molar-refractivity contribution < 1.29 is 4.74 Å². The van der Waals surface area contributed by atoms with Gasteiger partial charge in [0.2, 0.25) is 0 Å². The van der Waals surface area contributed by atoms with Crippen molar-refractivity contribution in [3.8, 4) is 17.6 Å². The molecule has 0 aliphatic carbocycles. The standard InChI is InChI=1S/C17H13N3O/c18-10-9-12-5-7-13(8-6-12)21-17-14-3-1-2-4-16(14)20-11-15(17)19/h1-8,11H,9,19H2. The van der Waals surface area contributed by atoms with Crippen LogP contribution in [0.2, 0.25) is 0 Å². The van der Waals surface area contributed by atoms with Gasteiger partial charge in [0, 0.05) is 5.39 Å². The van der Waals surface area contributed by atoms with Crippen molar-refractivity contribution >= 4 is 16.6 Å². The average molecular weight is 275 g/mol. The van der Waals surface area contributed by atoms with E-state index in [-0.39, 0.29) is 0 Å². The molecular formula is C17H13N3O. The largest absolute Gasteiger partial charge is 0.454 e. The van der Waals surface area contributed by atoms with Crippen LogP contribution < -0.4 is 10.5 Å². The maximum Gasteiger partial charge on any atom is 0.161 e. The third-order valence-corrected chi connectivity index (χ3v) is 3.18. The van der Waals surface area contributed by atoms with Crippen LogP contribution in [0.3, 0.4) is 0 Å². The summed E-state index contributed by atoms with van der Waals surface area (Å²) < 4.78 is 5.91. The van der Waals surface area contributed by atoms with Crippen molar-refractivity contribution in [1.82, 2.24) is 4.98 Å². The fraction of sp³-hybridized carbons (Fsp3) is 0.0588. The number of fused-ring (bicyclic) bond motifs is 1. The van der Waals surface area contributed by atoms with Crippen molar-refractivity contribution in [2.45, 2.75) is 6.42 Å². The van der Waals surface area contributed by atoms with Crippen LogP contribution in [0.1, 0.15) is 5.56 Å². The van der Waals surface area contributed by atoms with Crippen LogP contribution in [0, 0.1) is 11.3 Å². The van der Waals surface area contributed by atoms with Gasteiger partial charge in [-0.25, -0.2) is 0 Å². The number of pyridine rings is 1. The monoisotopic (exact) mass is 275 g/mol. The Bertz CT molecular complexity index is 820. The minimum absolute atomic E-state index is 0.389. The zero-order chi connectivity index (χ0) is 14.7. The number of nitrogens with zero attached hydrogens (tertiary/aromatic N) is 2. The smallest absolute Gasteiger partial charge is 0.161 e. The van der Waals surface area contributed by atoms with Crippen LogP contribution in [-0.2, 0) is 6.42 Å². The lowest BCUT2D eigenvalue weighted by atomic mass is 10.1. The molecule has 0 radical (unpaired) electrons. The van der Waals surface area contributed by atoms with E-state index in [9.17, 15) is 0 Å². The Morgan fingerprint density at radius 3 is 2.62 bits per heavy atom. The first kappa shape index (κ1) is 12.9. The third kappa shape index (κ3) is 2.63. The van der Waals surface area contributed by atoms with Crippen molar-refractivity contribution in [3.05, 3.63) is 60.3 Å². The second-order valence-electron chi connectivity index (χ2n) is 4.64. The summed E-state index contributed by atoms with van der Waals surface area (Å²) in [7, 11) is 0. The Hall–Kier alpha value is -3.06. The predicted molar refractivity (Wildman–Crippen MR) is 82.0 cm³/mol. The van der Waals surface area contributed by atoms with E-state index in [1.54, 1.807) is 6.20 Å². The van der Waals surface area contributed by atoms with E-state index in [1.807, 2.05) is 48.5 Å². The molecule has 1 heterocycles. The highest BCUT2D eigenvalue weighted by atomic mass is 16.5. The molecule has 2 N–H and O–H groups in total. The van der Waals surface area contributed by atoms with E-state index in [2.05, 4.69) is 11.1 Å². The van der Waals surface area contributed by atoms with Gasteiger partial charge in [0.15, 0.2) is 5.75 Å². The molecule has 3 aromatic rings. The average Bonchev–Trinajstić information content (AvgIpc) is 2.52. The summed E-state index contributed by atoms with van der Waals surface area (Å²) in [6, 6.07) is 17.2. The number of hydrogen-bond donors (Lipinski definition) is 1. The topological polar surface area (TPSA) is 71.9 Å². The van der Waals surface area contributed by atoms with E-state index < -0.39 is 0 Å². The van der Waals surface area contributed by atoms with Crippen molar-refractivity contribution in [3.63, 3.8) is 0 Å². The predicted octanol–water partition coefficient (Wildman–Crippen LogP) is 3.68. The number of anilines is 1. The first-order valence-corrected chi connectivity index (χ1v) is 6.55. The van der Waals surface area contributed by atoms with Gasteiger partial charge < -0.3 is 10.5 Å². The van der Waals surface area contributed by atoms with E-state index in [1.165, 1.54) is 0 Å². The summed E-state index contributed by atoms with van der Waals surface area (Å²) in [5.41, 5.74) is 8.27. The number of hydrogen-bond acceptors (Lipinski definition) is 4. The number of benzene rings is 2. The molecule has 0 aliphatic heterocycles. The molecule has 0 fully saturated rings. The number of nitriles is 1. The van der Waals surface area contributed by atoms with Crippen molar-refractivity contribution in [2.75, 3.05) is 5.73 Å². The highest BCUT2D eigenvalue weighted by Crippen LogP contribution is 2.34. The number of aromatic nitrogens is 1. The summed E-state index contributed by atoms with van der Waals surface area (Å²) in [6.07, 6.45) is 1.99. The highest BCUT2D eigenvalue weighted by molar-refractivity contribution is 5.89.